The molecule has 0 radical (unpaired) electrons. The molecule has 1 aromatic rings. The lowest BCUT2D eigenvalue weighted by Gasteiger charge is -2.16. The fourth-order valence-electron chi connectivity index (χ4n) is 7.68. The van der Waals surface area contributed by atoms with E-state index in [4.69, 9.17) is 18.9 Å². The topological polar surface area (TPSA) is 122 Å². The van der Waals surface area contributed by atoms with Crippen molar-refractivity contribution in [3.05, 3.63) is 34.9 Å². The lowest BCUT2D eigenvalue weighted by atomic mass is 9.92. The first-order valence-electron chi connectivity index (χ1n) is 24.5. The van der Waals surface area contributed by atoms with Gasteiger partial charge in [-0.2, -0.15) is 0 Å². The molecule has 0 bridgehead atoms. The van der Waals surface area contributed by atoms with Crippen LogP contribution in [-0.4, -0.2) is 56.6 Å². The summed E-state index contributed by atoms with van der Waals surface area (Å²) in [5.74, 6) is -0.106. The van der Waals surface area contributed by atoms with Gasteiger partial charge in [0.15, 0.2) is 0 Å². The first-order chi connectivity index (χ1) is 29.3. The van der Waals surface area contributed by atoms with Crippen molar-refractivity contribution in [2.45, 2.75) is 220 Å². The van der Waals surface area contributed by atoms with Crippen molar-refractivity contribution in [3.63, 3.8) is 0 Å². The van der Waals surface area contributed by atoms with Gasteiger partial charge in [-0.15, -0.1) is 0 Å². The van der Waals surface area contributed by atoms with Gasteiger partial charge in [-0.1, -0.05) is 169 Å². The molecule has 9 nitrogen and oxygen atoms in total. The summed E-state index contributed by atoms with van der Waals surface area (Å²) in [6.07, 6.45) is 31.6. The quantitative estimate of drug-likeness (QED) is 0.0274. The fraction of sp³-hybridized carbons (Fsp3) is 0.784. The van der Waals surface area contributed by atoms with E-state index in [1.54, 1.807) is 0 Å². The molecule has 0 saturated heterocycles. The van der Waals surface area contributed by atoms with Crippen LogP contribution >= 0.6 is 0 Å². The maximum atomic E-state index is 12.8. The van der Waals surface area contributed by atoms with Crippen molar-refractivity contribution < 1.29 is 42.9 Å². The first kappa shape index (κ1) is 54.8. The van der Waals surface area contributed by atoms with Crippen LogP contribution in [0.1, 0.15) is 251 Å². The Kier molecular flexibility index (Phi) is 35.3. The van der Waals surface area contributed by atoms with E-state index in [-0.39, 0.29) is 41.8 Å². The molecule has 1 rings (SSSR count). The molecule has 0 atom stereocenters. The van der Waals surface area contributed by atoms with Gasteiger partial charge in [-0.05, 0) is 68.6 Å². The molecular weight excluding hydrogens is 757 g/mol. The predicted molar refractivity (Wildman–Crippen MR) is 242 cm³/mol. The Hall–Kier alpha value is -3.23. The summed E-state index contributed by atoms with van der Waals surface area (Å²) < 4.78 is 22.0. The highest BCUT2D eigenvalue weighted by Gasteiger charge is 2.16. The normalized spacial score (nSPS) is 11.2. The van der Waals surface area contributed by atoms with E-state index in [9.17, 15) is 24.0 Å². The number of hydrogen-bond donors (Lipinski definition) is 0. The fourth-order valence-corrected chi connectivity index (χ4v) is 7.68. The van der Waals surface area contributed by atoms with Gasteiger partial charge in [-0.3, -0.25) is 14.4 Å². The molecule has 0 aliphatic carbocycles. The molecule has 9 heteroatoms. The largest absolute Gasteiger partial charge is 0.466 e. The second kappa shape index (κ2) is 38.7. The Bertz CT molecular complexity index is 1150. The van der Waals surface area contributed by atoms with Crippen LogP contribution in [0.25, 0.3) is 0 Å². The van der Waals surface area contributed by atoms with Gasteiger partial charge in [-0.25, -0.2) is 9.59 Å². The molecule has 0 fully saturated rings. The molecule has 0 heterocycles. The number of carbonyl (C=O) groups is 5. The number of hydrogen-bond acceptors (Lipinski definition) is 9. The van der Waals surface area contributed by atoms with Crippen LogP contribution in [0, 0.1) is 11.8 Å². The monoisotopic (exact) mass is 843 g/mol. The number of esters is 4. The van der Waals surface area contributed by atoms with Crippen molar-refractivity contribution in [1.29, 1.82) is 0 Å². The minimum absolute atomic E-state index is 0.114. The van der Waals surface area contributed by atoms with Crippen molar-refractivity contribution >= 4 is 30.2 Å². The SMILES string of the molecule is CCCCCC(CCCCC)CCOC(=O)CCCCCCCOC(=O)c1cc(C=O)cc(C(=O)OCCCCCCCC(=O)OCCC(CCCCC)CCCCC)c1. The third-order valence-electron chi connectivity index (χ3n) is 11.5. The van der Waals surface area contributed by atoms with E-state index in [2.05, 4.69) is 27.7 Å². The standard InChI is InChI=1S/C51H86O9/c1-5-9-19-27-43(28-20-10-6-2)33-37-57-48(53)31-23-15-13-17-25-35-59-50(55)46-39-45(42-52)40-47(41-46)51(56)60-36-26-18-14-16-24-32-49(54)58-38-34-44(29-21-11-7-3)30-22-12-8-4/h39-44H,5-38H2,1-4H3. The minimum Gasteiger partial charge on any atom is -0.466 e. The lowest BCUT2D eigenvalue weighted by Crippen LogP contribution is -2.11. The molecule has 0 saturated carbocycles. The number of unbranched alkanes of at least 4 members (excludes halogenated alkanes) is 16. The Labute approximate surface area is 365 Å². The Morgan fingerprint density at radius 3 is 1.12 bits per heavy atom. The van der Waals surface area contributed by atoms with Crippen LogP contribution in [0.5, 0.6) is 0 Å². The smallest absolute Gasteiger partial charge is 0.338 e. The summed E-state index contributed by atoms with van der Waals surface area (Å²) in [5.41, 5.74) is 0.470. The number of carbonyl (C=O) groups excluding carboxylic acids is 5. The molecule has 344 valence electrons. The number of benzene rings is 1. The van der Waals surface area contributed by atoms with Crippen molar-refractivity contribution in [2.75, 3.05) is 26.4 Å². The molecule has 60 heavy (non-hydrogen) atoms. The highest BCUT2D eigenvalue weighted by molar-refractivity contribution is 5.98. The second-order valence-electron chi connectivity index (χ2n) is 17.0. The molecule has 0 aliphatic heterocycles. The van der Waals surface area contributed by atoms with Gasteiger partial charge in [0.2, 0.25) is 0 Å². The van der Waals surface area contributed by atoms with Crippen molar-refractivity contribution in [2.24, 2.45) is 11.8 Å². The average molecular weight is 843 g/mol. The van der Waals surface area contributed by atoms with E-state index < -0.39 is 11.9 Å². The molecule has 0 amide bonds. The summed E-state index contributed by atoms with van der Waals surface area (Å²) in [7, 11) is 0. The zero-order valence-corrected chi connectivity index (χ0v) is 38.7. The zero-order chi connectivity index (χ0) is 43.9. The van der Waals surface area contributed by atoms with Crippen LogP contribution in [0.15, 0.2) is 18.2 Å². The Balaban J connectivity index is 2.24. The summed E-state index contributed by atoms with van der Waals surface area (Å²) in [4.78, 5) is 61.7. The van der Waals surface area contributed by atoms with Crippen molar-refractivity contribution in [1.82, 2.24) is 0 Å². The maximum absolute atomic E-state index is 12.8. The molecule has 1 aromatic carbocycles. The van der Waals surface area contributed by atoms with Crippen molar-refractivity contribution in [3.8, 4) is 0 Å². The van der Waals surface area contributed by atoms with Gasteiger partial charge in [0, 0.05) is 18.4 Å². The van der Waals surface area contributed by atoms with E-state index in [0.717, 1.165) is 64.2 Å². The number of rotatable bonds is 41. The molecular formula is C51H86O9. The van der Waals surface area contributed by atoms with Gasteiger partial charge in [0.1, 0.15) is 6.29 Å². The molecule has 0 aromatic heterocycles. The third kappa shape index (κ3) is 29.9. The molecule has 0 aliphatic rings. The van der Waals surface area contributed by atoms with Crippen LogP contribution < -0.4 is 0 Å². The number of ether oxygens (including phenoxy) is 4. The summed E-state index contributed by atoms with van der Waals surface area (Å²) in [6, 6.07) is 4.24. The Morgan fingerprint density at radius 2 is 0.767 bits per heavy atom. The zero-order valence-electron chi connectivity index (χ0n) is 38.7. The van der Waals surface area contributed by atoms with E-state index in [1.165, 1.54) is 121 Å². The second-order valence-corrected chi connectivity index (χ2v) is 17.0. The highest BCUT2D eigenvalue weighted by Crippen LogP contribution is 2.23. The minimum atomic E-state index is -0.591. The predicted octanol–water partition coefficient (Wildman–Crippen LogP) is 13.9. The van der Waals surface area contributed by atoms with Gasteiger partial charge < -0.3 is 18.9 Å². The van der Waals surface area contributed by atoms with Crippen LogP contribution in [0.3, 0.4) is 0 Å². The van der Waals surface area contributed by atoms with Crippen LogP contribution in [-0.2, 0) is 28.5 Å². The summed E-state index contributed by atoms with van der Waals surface area (Å²) in [5, 5.41) is 0. The third-order valence-corrected chi connectivity index (χ3v) is 11.5. The van der Waals surface area contributed by atoms with E-state index >= 15 is 0 Å². The maximum Gasteiger partial charge on any atom is 0.338 e. The molecule has 0 spiro atoms. The van der Waals surface area contributed by atoms with Crippen LogP contribution in [0.2, 0.25) is 0 Å². The van der Waals surface area contributed by atoms with E-state index in [0.29, 0.717) is 57.0 Å². The van der Waals surface area contributed by atoms with Gasteiger partial charge in [0.25, 0.3) is 0 Å². The van der Waals surface area contributed by atoms with Crippen LogP contribution in [0.4, 0.5) is 0 Å². The van der Waals surface area contributed by atoms with Gasteiger partial charge in [0.05, 0.1) is 37.6 Å². The summed E-state index contributed by atoms with van der Waals surface area (Å²) >= 11 is 0. The lowest BCUT2D eigenvalue weighted by molar-refractivity contribution is -0.145. The van der Waals surface area contributed by atoms with Gasteiger partial charge >= 0.3 is 23.9 Å². The molecule has 0 N–H and O–H groups in total. The average Bonchev–Trinajstić information content (AvgIpc) is 3.25. The Morgan fingerprint density at radius 1 is 0.417 bits per heavy atom. The summed E-state index contributed by atoms with van der Waals surface area (Å²) in [6.45, 7) is 10.4. The molecule has 0 unspecified atom stereocenters. The highest BCUT2D eigenvalue weighted by atomic mass is 16.5. The van der Waals surface area contributed by atoms with E-state index in [1.807, 2.05) is 0 Å². The number of aldehydes is 1. The first-order valence-corrected chi connectivity index (χ1v) is 24.5.